The van der Waals surface area contributed by atoms with Crippen molar-refractivity contribution in [2.24, 2.45) is 0 Å². The number of imidazole rings is 1. The average molecular weight is 243 g/mol. The highest BCUT2D eigenvalue weighted by Crippen LogP contribution is 2.04. The number of nitrogens with zero attached hydrogens (tertiary/aromatic N) is 2. The number of fused-ring (bicyclic) bond motifs is 1. The summed E-state index contributed by atoms with van der Waals surface area (Å²) in [6, 6.07) is 5.83. The molecule has 94 valence electrons. The number of amides is 1. The molecule has 2 aromatic rings. The number of nitrogens with one attached hydrogen (secondary N) is 1. The second-order valence-electron chi connectivity index (χ2n) is 4.18. The first-order chi connectivity index (χ1) is 8.70. The Bertz CT molecular complexity index is 550. The number of allylic oxidation sites excluding steroid dienone is 1. The van der Waals surface area contributed by atoms with Crippen LogP contribution in [0, 0.1) is 0 Å². The van der Waals surface area contributed by atoms with Gasteiger partial charge in [0, 0.05) is 18.0 Å². The first-order valence-electron chi connectivity index (χ1n) is 6.08. The maximum atomic E-state index is 11.7. The fourth-order valence-electron chi connectivity index (χ4n) is 1.78. The summed E-state index contributed by atoms with van der Waals surface area (Å²) >= 11 is 0. The monoisotopic (exact) mass is 243 g/mol. The predicted octanol–water partition coefficient (Wildman–Crippen LogP) is 2.31. The summed E-state index contributed by atoms with van der Waals surface area (Å²) in [5.41, 5.74) is 2.50. The second-order valence-corrected chi connectivity index (χ2v) is 4.18. The molecule has 0 aliphatic rings. The lowest BCUT2D eigenvalue weighted by atomic mass is 10.2. The predicted molar refractivity (Wildman–Crippen MR) is 71.1 cm³/mol. The maximum absolute atomic E-state index is 11.7. The van der Waals surface area contributed by atoms with Crippen molar-refractivity contribution >= 4 is 11.6 Å². The van der Waals surface area contributed by atoms with Crippen LogP contribution < -0.4 is 5.32 Å². The number of carbonyl (C=O) groups is 1. The zero-order valence-corrected chi connectivity index (χ0v) is 10.7. The molecule has 2 rings (SSSR count). The lowest BCUT2D eigenvalue weighted by Crippen LogP contribution is -2.23. The van der Waals surface area contributed by atoms with Crippen molar-refractivity contribution in [2.75, 3.05) is 0 Å². The largest absolute Gasteiger partial charge is 0.347 e. The van der Waals surface area contributed by atoms with Gasteiger partial charge in [0.15, 0.2) is 0 Å². The molecule has 18 heavy (non-hydrogen) atoms. The molecule has 0 spiro atoms. The summed E-state index contributed by atoms with van der Waals surface area (Å²) in [6.07, 6.45) is 6.65. The van der Waals surface area contributed by atoms with E-state index in [-0.39, 0.29) is 5.91 Å². The van der Waals surface area contributed by atoms with Gasteiger partial charge in [-0.1, -0.05) is 19.1 Å². The van der Waals surface area contributed by atoms with Crippen LogP contribution in [0.1, 0.15) is 26.0 Å². The van der Waals surface area contributed by atoms with Crippen LogP contribution in [0.4, 0.5) is 0 Å². The number of hydrogen-bond acceptors (Lipinski definition) is 2. The van der Waals surface area contributed by atoms with Crippen LogP contribution in [0.2, 0.25) is 0 Å². The number of pyridine rings is 1. The van der Waals surface area contributed by atoms with Gasteiger partial charge in [-0.3, -0.25) is 4.79 Å². The highest BCUT2D eigenvalue weighted by molar-refractivity contribution is 5.92. The summed E-state index contributed by atoms with van der Waals surface area (Å²) in [6.45, 7) is 4.29. The lowest BCUT2D eigenvalue weighted by molar-refractivity contribution is -0.117. The fourth-order valence-corrected chi connectivity index (χ4v) is 1.78. The van der Waals surface area contributed by atoms with Gasteiger partial charge < -0.3 is 9.72 Å². The van der Waals surface area contributed by atoms with Gasteiger partial charge in [-0.25, -0.2) is 4.98 Å². The number of hydrogen-bond donors (Lipinski definition) is 1. The van der Waals surface area contributed by atoms with E-state index in [4.69, 9.17) is 0 Å². The maximum Gasteiger partial charge on any atom is 0.246 e. The van der Waals surface area contributed by atoms with E-state index >= 15 is 0 Å². The van der Waals surface area contributed by atoms with E-state index < -0.39 is 0 Å². The van der Waals surface area contributed by atoms with Gasteiger partial charge in [-0.05, 0) is 25.5 Å². The Morgan fingerprint density at radius 1 is 1.50 bits per heavy atom. The summed E-state index contributed by atoms with van der Waals surface area (Å²) in [4.78, 5) is 16.1. The van der Waals surface area contributed by atoms with E-state index in [9.17, 15) is 4.79 Å². The number of aromatic nitrogens is 2. The average Bonchev–Trinajstić information content (AvgIpc) is 2.78. The zero-order chi connectivity index (χ0) is 13.0. The molecule has 2 aromatic heterocycles. The third-order valence-corrected chi connectivity index (χ3v) is 2.71. The van der Waals surface area contributed by atoms with Crippen molar-refractivity contribution in [3.8, 4) is 0 Å². The smallest absolute Gasteiger partial charge is 0.246 e. The summed E-state index contributed by atoms with van der Waals surface area (Å²) in [5.74, 6) is -0.0334. The van der Waals surface area contributed by atoms with Gasteiger partial charge in [0.05, 0.1) is 12.2 Å². The third-order valence-electron chi connectivity index (χ3n) is 2.71. The lowest BCUT2D eigenvalue weighted by Gasteiger charge is -2.02. The minimum absolute atomic E-state index is 0.0334. The van der Waals surface area contributed by atoms with Crippen LogP contribution >= 0.6 is 0 Å². The van der Waals surface area contributed by atoms with E-state index in [0.717, 1.165) is 23.3 Å². The Labute approximate surface area is 106 Å². The van der Waals surface area contributed by atoms with Crippen LogP contribution in [0.25, 0.3) is 5.65 Å². The van der Waals surface area contributed by atoms with E-state index in [0.29, 0.717) is 6.54 Å². The van der Waals surface area contributed by atoms with Crippen LogP contribution in [0.3, 0.4) is 0 Å². The van der Waals surface area contributed by atoms with Crippen LogP contribution in [-0.2, 0) is 11.3 Å². The molecule has 0 atom stereocenters. The summed E-state index contributed by atoms with van der Waals surface area (Å²) in [5, 5.41) is 2.86. The molecule has 0 fully saturated rings. The van der Waals surface area contributed by atoms with Crippen molar-refractivity contribution in [1.82, 2.24) is 14.7 Å². The first-order valence-corrected chi connectivity index (χ1v) is 6.08. The van der Waals surface area contributed by atoms with E-state index in [2.05, 4.69) is 10.3 Å². The van der Waals surface area contributed by atoms with Crippen LogP contribution in [0.15, 0.2) is 42.2 Å². The van der Waals surface area contributed by atoms with Gasteiger partial charge in [0.25, 0.3) is 0 Å². The van der Waals surface area contributed by atoms with Crippen molar-refractivity contribution < 1.29 is 4.79 Å². The van der Waals surface area contributed by atoms with Gasteiger partial charge in [-0.2, -0.15) is 0 Å². The van der Waals surface area contributed by atoms with E-state index in [1.54, 1.807) is 0 Å². The fraction of sp³-hybridized carbons (Fsp3) is 0.286. The Balaban J connectivity index is 2.02. The molecule has 0 saturated carbocycles. The molecule has 0 saturated heterocycles. The summed E-state index contributed by atoms with van der Waals surface area (Å²) < 4.78 is 1.94. The number of carbonyl (C=O) groups excluding carboxylic acids is 1. The molecule has 4 nitrogen and oxygen atoms in total. The Kier molecular flexibility index (Phi) is 3.77. The Morgan fingerprint density at radius 3 is 3.06 bits per heavy atom. The Hall–Kier alpha value is -2.10. The van der Waals surface area contributed by atoms with Gasteiger partial charge in [-0.15, -0.1) is 0 Å². The molecule has 4 heteroatoms. The highest BCUT2D eigenvalue weighted by Gasteiger charge is 2.05. The van der Waals surface area contributed by atoms with Gasteiger partial charge in [0.1, 0.15) is 5.65 Å². The third kappa shape index (κ3) is 2.77. The van der Waals surface area contributed by atoms with Crippen molar-refractivity contribution in [2.45, 2.75) is 26.8 Å². The Morgan fingerprint density at radius 2 is 2.33 bits per heavy atom. The SMILES string of the molecule is CC/C=C(\C)C(=O)NCc1cn2ccccc2n1. The van der Waals surface area contributed by atoms with Crippen LogP contribution in [-0.4, -0.2) is 15.3 Å². The van der Waals surface area contributed by atoms with Crippen molar-refractivity contribution in [3.05, 3.63) is 47.9 Å². The molecule has 0 unspecified atom stereocenters. The normalized spacial score (nSPS) is 11.8. The second kappa shape index (κ2) is 5.49. The molecule has 0 radical (unpaired) electrons. The number of rotatable bonds is 4. The zero-order valence-electron chi connectivity index (χ0n) is 10.7. The van der Waals surface area contributed by atoms with Crippen molar-refractivity contribution in [3.63, 3.8) is 0 Å². The quantitative estimate of drug-likeness (QED) is 0.838. The topological polar surface area (TPSA) is 46.4 Å². The molecular weight excluding hydrogens is 226 g/mol. The first kappa shape index (κ1) is 12.4. The van der Waals surface area contributed by atoms with E-state index in [1.807, 2.05) is 54.9 Å². The van der Waals surface area contributed by atoms with Crippen molar-refractivity contribution in [1.29, 1.82) is 0 Å². The minimum Gasteiger partial charge on any atom is -0.347 e. The standard InChI is InChI=1S/C14H17N3O/c1-3-6-11(2)14(18)15-9-12-10-17-8-5-4-7-13(17)16-12/h4-8,10H,3,9H2,1-2H3,(H,15,18)/b11-6+. The molecule has 2 heterocycles. The van der Waals surface area contributed by atoms with E-state index in [1.165, 1.54) is 0 Å². The molecule has 0 bridgehead atoms. The van der Waals surface area contributed by atoms with Gasteiger partial charge in [0.2, 0.25) is 5.91 Å². The molecule has 1 N–H and O–H groups in total. The molecule has 0 aliphatic heterocycles. The summed E-state index contributed by atoms with van der Waals surface area (Å²) in [7, 11) is 0. The minimum atomic E-state index is -0.0334. The molecule has 0 aromatic carbocycles. The molecule has 0 aliphatic carbocycles. The molecular formula is C14H17N3O. The van der Waals surface area contributed by atoms with Crippen LogP contribution in [0.5, 0.6) is 0 Å². The molecule has 1 amide bonds. The highest BCUT2D eigenvalue weighted by atomic mass is 16.1. The van der Waals surface area contributed by atoms with Gasteiger partial charge >= 0.3 is 0 Å².